The molecule has 1 saturated heterocycles. The Labute approximate surface area is 160 Å². The second kappa shape index (κ2) is 7.72. The first-order chi connectivity index (χ1) is 12.4. The van der Waals surface area contributed by atoms with Gasteiger partial charge >= 0.3 is 0 Å². The van der Waals surface area contributed by atoms with Crippen LogP contribution in [0, 0.1) is 19.8 Å². The van der Waals surface area contributed by atoms with Crippen LogP contribution in [0.5, 0.6) is 5.88 Å². The van der Waals surface area contributed by atoms with Gasteiger partial charge in [-0.3, -0.25) is 4.79 Å². The third-order valence-electron chi connectivity index (χ3n) is 4.44. The van der Waals surface area contributed by atoms with Crippen LogP contribution in [0.2, 0.25) is 0 Å². The molecule has 1 aliphatic heterocycles. The normalized spacial score (nSPS) is 19.7. The van der Waals surface area contributed by atoms with Gasteiger partial charge in [0, 0.05) is 29.3 Å². The number of methoxy groups -OCH3 is 1. The van der Waals surface area contributed by atoms with Crippen molar-refractivity contribution in [2.24, 2.45) is 0 Å². The van der Waals surface area contributed by atoms with Gasteiger partial charge in [0.15, 0.2) is 0 Å². The Morgan fingerprint density at radius 2 is 1.96 bits per heavy atom. The van der Waals surface area contributed by atoms with Crippen LogP contribution >= 0.6 is 15.9 Å². The molecule has 7 heteroatoms. The van der Waals surface area contributed by atoms with Crippen molar-refractivity contribution in [3.63, 3.8) is 0 Å². The van der Waals surface area contributed by atoms with E-state index in [0.717, 1.165) is 11.1 Å². The maximum atomic E-state index is 13.5. The molecule has 0 N–H and O–H groups in total. The van der Waals surface area contributed by atoms with Gasteiger partial charge in [0.1, 0.15) is 12.2 Å². The van der Waals surface area contributed by atoms with Crippen LogP contribution < -0.4 is 4.74 Å². The number of aryl methyl sites for hydroxylation is 2. The summed E-state index contributed by atoms with van der Waals surface area (Å²) < 4.78 is 25.3. The van der Waals surface area contributed by atoms with E-state index in [4.69, 9.17) is 9.47 Å². The highest BCUT2D eigenvalue weighted by molar-refractivity contribution is 9.10. The summed E-state index contributed by atoms with van der Waals surface area (Å²) in [7, 11) is 1.57. The van der Waals surface area contributed by atoms with Crippen LogP contribution in [0.1, 0.15) is 21.5 Å². The fourth-order valence-corrected chi connectivity index (χ4v) is 3.43. The molecule has 2 heterocycles. The molecule has 0 radical (unpaired) electrons. The lowest BCUT2D eigenvalue weighted by molar-refractivity contribution is 0.0315. The van der Waals surface area contributed by atoms with Crippen molar-refractivity contribution in [2.75, 3.05) is 20.2 Å². The van der Waals surface area contributed by atoms with Crippen molar-refractivity contribution in [1.82, 2.24) is 9.88 Å². The molecule has 2 atom stereocenters. The third kappa shape index (κ3) is 4.04. The maximum absolute atomic E-state index is 13.5. The molecule has 1 aromatic heterocycles. The van der Waals surface area contributed by atoms with Gasteiger partial charge in [-0.05, 0) is 25.5 Å². The zero-order valence-corrected chi connectivity index (χ0v) is 16.4. The molecular weight excluding hydrogens is 403 g/mol. The van der Waals surface area contributed by atoms with Gasteiger partial charge in [-0.15, -0.1) is 0 Å². The standard InChI is InChI=1S/C19H20BrFN2O3/c1-11-4-5-12(2)14(6-11)19(24)23-9-15(25-3)16(10-23)26-18-8-13(20)7-17(21)22-18/h4-8,15-16H,9-10H2,1-3H3. The van der Waals surface area contributed by atoms with E-state index in [-0.39, 0.29) is 17.9 Å². The fourth-order valence-electron chi connectivity index (χ4n) is 3.04. The molecule has 1 aromatic carbocycles. The Balaban J connectivity index is 1.78. The molecule has 2 unspecified atom stereocenters. The third-order valence-corrected chi connectivity index (χ3v) is 4.89. The average Bonchev–Trinajstić information content (AvgIpc) is 2.98. The summed E-state index contributed by atoms with van der Waals surface area (Å²) in [4.78, 5) is 18.4. The number of aromatic nitrogens is 1. The molecule has 0 spiro atoms. The Morgan fingerprint density at radius 1 is 1.23 bits per heavy atom. The second-order valence-electron chi connectivity index (χ2n) is 6.41. The number of carbonyl (C=O) groups excluding carboxylic acids is 1. The number of benzene rings is 1. The van der Waals surface area contributed by atoms with Gasteiger partial charge in [-0.25, -0.2) is 0 Å². The van der Waals surface area contributed by atoms with E-state index in [2.05, 4.69) is 20.9 Å². The first-order valence-electron chi connectivity index (χ1n) is 8.26. The van der Waals surface area contributed by atoms with E-state index in [0.29, 0.717) is 23.1 Å². The Kier molecular flexibility index (Phi) is 5.58. The molecule has 1 aliphatic rings. The van der Waals surface area contributed by atoms with Gasteiger partial charge in [0.25, 0.3) is 5.91 Å². The molecule has 2 aromatic rings. The number of carbonyl (C=O) groups is 1. The zero-order chi connectivity index (χ0) is 18.8. The summed E-state index contributed by atoms with van der Waals surface area (Å²) in [6.07, 6.45) is -0.733. The lowest BCUT2D eigenvalue weighted by Gasteiger charge is -2.18. The molecular formula is C19H20BrFN2O3. The van der Waals surface area contributed by atoms with E-state index < -0.39 is 12.1 Å². The molecule has 5 nitrogen and oxygen atoms in total. The summed E-state index contributed by atoms with van der Waals surface area (Å²) in [5.41, 5.74) is 2.63. The zero-order valence-electron chi connectivity index (χ0n) is 14.8. The predicted octanol–water partition coefficient (Wildman–Crippen LogP) is 3.52. The quantitative estimate of drug-likeness (QED) is 0.707. The highest BCUT2D eigenvalue weighted by Gasteiger charge is 2.38. The average molecular weight is 423 g/mol. The van der Waals surface area contributed by atoms with Gasteiger partial charge < -0.3 is 14.4 Å². The second-order valence-corrected chi connectivity index (χ2v) is 7.32. The maximum Gasteiger partial charge on any atom is 0.254 e. The fraction of sp³-hybridized carbons (Fsp3) is 0.368. The number of halogens is 2. The van der Waals surface area contributed by atoms with Crippen molar-refractivity contribution in [2.45, 2.75) is 26.1 Å². The van der Waals surface area contributed by atoms with E-state index in [1.807, 2.05) is 32.0 Å². The molecule has 3 rings (SSSR count). The van der Waals surface area contributed by atoms with Gasteiger partial charge in [0.05, 0.1) is 13.1 Å². The summed E-state index contributed by atoms with van der Waals surface area (Å²) in [6, 6.07) is 8.65. The number of nitrogens with zero attached hydrogens (tertiary/aromatic N) is 2. The monoisotopic (exact) mass is 422 g/mol. The number of amides is 1. The molecule has 0 aliphatic carbocycles. The topological polar surface area (TPSA) is 51.7 Å². The van der Waals surface area contributed by atoms with Crippen molar-refractivity contribution in [3.05, 3.63) is 57.4 Å². The van der Waals surface area contributed by atoms with E-state index >= 15 is 0 Å². The van der Waals surface area contributed by atoms with Crippen LogP contribution in [-0.2, 0) is 4.74 Å². The minimum atomic E-state index is -0.635. The van der Waals surface area contributed by atoms with Crippen molar-refractivity contribution in [3.8, 4) is 5.88 Å². The van der Waals surface area contributed by atoms with Gasteiger partial charge in [-0.2, -0.15) is 9.37 Å². The van der Waals surface area contributed by atoms with Crippen LogP contribution in [0.25, 0.3) is 0 Å². The van der Waals surface area contributed by atoms with E-state index in [1.54, 1.807) is 18.1 Å². The highest BCUT2D eigenvalue weighted by atomic mass is 79.9. The van der Waals surface area contributed by atoms with Crippen LogP contribution in [0.15, 0.2) is 34.8 Å². The van der Waals surface area contributed by atoms with Crippen LogP contribution in [0.3, 0.4) is 0 Å². The molecule has 138 valence electrons. The first kappa shape index (κ1) is 18.8. The van der Waals surface area contributed by atoms with Crippen molar-refractivity contribution in [1.29, 1.82) is 0 Å². The van der Waals surface area contributed by atoms with Crippen molar-refractivity contribution < 1.29 is 18.7 Å². The van der Waals surface area contributed by atoms with Gasteiger partial charge in [-0.1, -0.05) is 33.6 Å². The number of hydrogen-bond donors (Lipinski definition) is 0. The Bertz CT molecular complexity index is 810. The van der Waals surface area contributed by atoms with E-state index in [9.17, 15) is 9.18 Å². The minimum Gasteiger partial charge on any atom is -0.470 e. The van der Waals surface area contributed by atoms with Crippen LogP contribution in [0.4, 0.5) is 4.39 Å². The smallest absolute Gasteiger partial charge is 0.254 e. The number of pyridine rings is 1. The Morgan fingerprint density at radius 3 is 2.65 bits per heavy atom. The SMILES string of the molecule is COC1CN(C(=O)c2cc(C)ccc2C)CC1Oc1cc(Br)cc(F)n1. The number of likely N-dealkylation sites (tertiary alicyclic amines) is 1. The first-order valence-corrected chi connectivity index (χ1v) is 9.05. The molecule has 0 bridgehead atoms. The molecule has 1 amide bonds. The summed E-state index contributed by atoms with van der Waals surface area (Å²) >= 11 is 3.22. The molecule has 26 heavy (non-hydrogen) atoms. The largest absolute Gasteiger partial charge is 0.470 e. The predicted molar refractivity (Wildman–Crippen MR) is 98.9 cm³/mol. The lowest BCUT2D eigenvalue weighted by atomic mass is 10.0. The lowest BCUT2D eigenvalue weighted by Crippen LogP contribution is -2.32. The van der Waals surface area contributed by atoms with Crippen LogP contribution in [-0.4, -0.2) is 48.2 Å². The van der Waals surface area contributed by atoms with Crippen molar-refractivity contribution >= 4 is 21.8 Å². The summed E-state index contributed by atoms with van der Waals surface area (Å²) in [6.45, 7) is 4.63. The van der Waals surface area contributed by atoms with E-state index in [1.165, 1.54) is 6.07 Å². The molecule has 1 fully saturated rings. The molecule has 0 saturated carbocycles. The van der Waals surface area contributed by atoms with Gasteiger partial charge in [0.2, 0.25) is 11.8 Å². The minimum absolute atomic E-state index is 0.0623. The highest BCUT2D eigenvalue weighted by Crippen LogP contribution is 2.24. The summed E-state index contributed by atoms with van der Waals surface area (Å²) in [5, 5.41) is 0. The number of rotatable bonds is 4. The number of hydrogen-bond acceptors (Lipinski definition) is 4. The number of ether oxygens (including phenoxy) is 2. The Hall–Kier alpha value is -1.99. The summed E-state index contributed by atoms with van der Waals surface area (Å²) in [5.74, 6) is -0.539.